The molecule has 0 amide bonds. The van der Waals surface area contributed by atoms with Crippen LogP contribution in [0.2, 0.25) is 5.02 Å². The fraction of sp³-hybridized carbons (Fsp3) is 0.0714. The van der Waals surface area contributed by atoms with E-state index < -0.39 is 0 Å². The van der Waals surface area contributed by atoms with Crippen LogP contribution < -0.4 is 0 Å². The summed E-state index contributed by atoms with van der Waals surface area (Å²) in [5.74, 6) is 0.911. The highest BCUT2D eigenvalue weighted by Crippen LogP contribution is 2.31. The molecule has 0 radical (unpaired) electrons. The molecule has 0 aromatic heterocycles. The molecule has 0 fully saturated rings. The molecule has 0 saturated carbocycles. The number of hydrogen-bond acceptors (Lipinski definition) is 1. The van der Waals surface area contributed by atoms with Crippen molar-refractivity contribution in [3.8, 4) is 0 Å². The molecule has 0 aliphatic carbocycles. The first kappa shape index (κ1) is 12.0. The predicted molar refractivity (Wildman–Crippen MR) is 73.7 cm³/mol. The highest BCUT2D eigenvalue weighted by Gasteiger charge is 2.02. The van der Waals surface area contributed by atoms with Gasteiger partial charge in [-0.3, -0.25) is 0 Å². The molecule has 2 aromatic rings. The lowest BCUT2D eigenvalue weighted by Crippen LogP contribution is -1.79. The van der Waals surface area contributed by atoms with Gasteiger partial charge in [-0.1, -0.05) is 54.1 Å². The summed E-state index contributed by atoms with van der Waals surface area (Å²) in [5, 5.41) is 0.526. The summed E-state index contributed by atoms with van der Waals surface area (Å²) in [7, 11) is 0. The Bertz CT molecular complexity index is 546. The third kappa shape index (κ3) is 3.26. The minimum Gasteiger partial charge on any atom is -0.237 e. The molecule has 1 nitrogen and oxygen atoms in total. The molecular formula is C14H10ClNS. The molecule has 2 aromatic carbocycles. The van der Waals surface area contributed by atoms with Crippen molar-refractivity contribution >= 4 is 29.1 Å². The third-order valence-corrected chi connectivity index (χ3v) is 3.66. The molecule has 2 rings (SSSR count). The average molecular weight is 260 g/mol. The molecule has 0 atom stereocenters. The zero-order valence-electron chi connectivity index (χ0n) is 9.06. The normalized spacial score (nSPS) is 9.88. The Labute approximate surface area is 110 Å². The number of hydrogen-bond donors (Lipinski definition) is 0. The molecule has 0 aliphatic heterocycles. The Hall–Kier alpha value is -1.43. The van der Waals surface area contributed by atoms with Crippen molar-refractivity contribution in [2.24, 2.45) is 0 Å². The molecule has 0 spiro atoms. The highest BCUT2D eigenvalue weighted by molar-refractivity contribution is 7.98. The Morgan fingerprint density at radius 2 is 1.88 bits per heavy atom. The number of thioether (sulfide) groups is 1. The molecular weight excluding hydrogens is 250 g/mol. The van der Waals surface area contributed by atoms with Gasteiger partial charge in [-0.2, -0.15) is 0 Å². The van der Waals surface area contributed by atoms with Gasteiger partial charge < -0.3 is 0 Å². The third-order valence-electron chi connectivity index (χ3n) is 2.29. The second-order valence-corrected chi connectivity index (χ2v) is 4.96. The molecule has 0 aliphatic rings. The number of halogens is 1. The fourth-order valence-corrected chi connectivity index (χ4v) is 2.59. The van der Waals surface area contributed by atoms with Crippen LogP contribution in [-0.2, 0) is 5.75 Å². The fourth-order valence-electron chi connectivity index (χ4n) is 1.41. The van der Waals surface area contributed by atoms with E-state index in [0.717, 1.165) is 10.6 Å². The van der Waals surface area contributed by atoms with Crippen LogP contribution in [0.15, 0.2) is 53.4 Å². The van der Waals surface area contributed by atoms with Crippen LogP contribution >= 0.6 is 23.4 Å². The van der Waals surface area contributed by atoms with Crippen LogP contribution in [0, 0.1) is 6.57 Å². The molecule has 17 heavy (non-hydrogen) atoms. The van der Waals surface area contributed by atoms with Gasteiger partial charge in [0.05, 0.1) is 6.57 Å². The molecule has 0 unspecified atom stereocenters. The standard InChI is InChI=1S/C14H10ClNS/c1-16-14-8-7-12(9-13(14)15)17-10-11-5-3-2-4-6-11/h2-9H,10H2. The van der Waals surface area contributed by atoms with Crippen LogP contribution in [0.25, 0.3) is 4.85 Å². The highest BCUT2D eigenvalue weighted by atomic mass is 35.5. The van der Waals surface area contributed by atoms with Gasteiger partial charge in [0.15, 0.2) is 0 Å². The maximum Gasteiger partial charge on any atom is 0.205 e. The van der Waals surface area contributed by atoms with Crippen LogP contribution in [0.5, 0.6) is 0 Å². The number of rotatable bonds is 3. The second kappa shape index (κ2) is 5.77. The average Bonchev–Trinajstić information content (AvgIpc) is 2.38. The first-order valence-electron chi connectivity index (χ1n) is 5.13. The Morgan fingerprint density at radius 1 is 1.12 bits per heavy atom. The van der Waals surface area contributed by atoms with E-state index >= 15 is 0 Å². The second-order valence-electron chi connectivity index (χ2n) is 3.50. The van der Waals surface area contributed by atoms with E-state index in [1.807, 2.05) is 30.3 Å². The maximum absolute atomic E-state index is 6.93. The SMILES string of the molecule is [C-]#[N+]c1ccc(SCc2ccccc2)cc1Cl. The minimum absolute atomic E-state index is 0.510. The molecule has 0 bridgehead atoms. The summed E-state index contributed by atoms with van der Waals surface area (Å²) in [4.78, 5) is 4.43. The minimum atomic E-state index is 0.510. The topological polar surface area (TPSA) is 4.36 Å². The molecule has 3 heteroatoms. The van der Waals surface area contributed by atoms with Gasteiger partial charge in [0.2, 0.25) is 5.69 Å². The maximum atomic E-state index is 6.93. The van der Waals surface area contributed by atoms with Gasteiger partial charge in [-0.15, -0.1) is 11.8 Å². The van der Waals surface area contributed by atoms with E-state index in [0.29, 0.717) is 10.7 Å². The monoisotopic (exact) mass is 259 g/mol. The molecule has 0 heterocycles. The summed E-state index contributed by atoms with van der Waals surface area (Å²) in [6, 6.07) is 15.8. The van der Waals surface area contributed by atoms with Crippen molar-refractivity contribution in [1.29, 1.82) is 0 Å². The molecule has 0 saturated heterocycles. The van der Waals surface area contributed by atoms with Crippen LogP contribution in [0.4, 0.5) is 5.69 Å². The van der Waals surface area contributed by atoms with E-state index in [9.17, 15) is 0 Å². The smallest absolute Gasteiger partial charge is 0.205 e. The van der Waals surface area contributed by atoms with Crippen molar-refractivity contribution < 1.29 is 0 Å². The van der Waals surface area contributed by atoms with Gasteiger partial charge in [-0.05, 0) is 11.6 Å². The molecule has 84 valence electrons. The summed E-state index contributed by atoms with van der Waals surface area (Å²) in [6.07, 6.45) is 0. The molecule has 0 N–H and O–H groups in total. The van der Waals surface area contributed by atoms with E-state index in [1.165, 1.54) is 5.56 Å². The lowest BCUT2D eigenvalue weighted by molar-refractivity contribution is 1.38. The Balaban J connectivity index is 2.06. The summed E-state index contributed by atoms with van der Waals surface area (Å²) >= 11 is 7.70. The van der Waals surface area contributed by atoms with Gasteiger partial charge in [0.25, 0.3) is 0 Å². The lowest BCUT2D eigenvalue weighted by Gasteiger charge is -2.03. The largest absolute Gasteiger partial charge is 0.237 e. The van der Waals surface area contributed by atoms with Crippen LogP contribution in [0.1, 0.15) is 5.56 Å². The first-order valence-corrected chi connectivity index (χ1v) is 6.49. The number of nitrogens with zero attached hydrogens (tertiary/aromatic N) is 1. The van der Waals surface area contributed by atoms with E-state index in [1.54, 1.807) is 17.8 Å². The van der Waals surface area contributed by atoms with Crippen molar-refractivity contribution in [2.75, 3.05) is 0 Å². The van der Waals surface area contributed by atoms with E-state index in [-0.39, 0.29) is 0 Å². The first-order chi connectivity index (χ1) is 8.29. The summed E-state index contributed by atoms with van der Waals surface area (Å²) in [5.41, 5.74) is 1.79. The van der Waals surface area contributed by atoms with E-state index in [4.69, 9.17) is 18.2 Å². The zero-order valence-corrected chi connectivity index (χ0v) is 10.6. The summed E-state index contributed by atoms with van der Waals surface area (Å²) in [6.45, 7) is 6.93. The van der Waals surface area contributed by atoms with Gasteiger partial charge in [0, 0.05) is 15.7 Å². The van der Waals surface area contributed by atoms with Crippen molar-refractivity contribution in [1.82, 2.24) is 0 Å². The van der Waals surface area contributed by atoms with Gasteiger partial charge in [-0.25, -0.2) is 4.85 Å². The van der Waals surface area contributed by atoms with E-state index in [2.05, 4.69) is 17.0 Å². The quantitative estimate of drug-likeness (QED) is 0.543. The zero-order chi connectivity index (χ0) is 12.1. The van der Waals surface area contributed by atoms with Gasteiger partial charge >= 0.3 is 0 Å². The lowest BCUT2D eigenvalue weighted by atomic mass is 10.2. The number of benzene rings is 2. The van der Waals surface area contributed by atoms with Crippen LogP contribution in [0.3, 0.4) is 0 Å². The van der Waals surface area contributed by atoms with Gasteiger partial charge in [0.1, 0.15) is 0 Å². The summed E-state index contributed by atoms with van der Waals surface area (Å²) < 4.78 is 0. The predicted octanol–water partition coefficient (Wildman–Crippen LogP) is 5.18. The Kier molecular flexibility index (Phi) is 4.08. The van der Waals surface area contributed by atoms with Crippen molar-refractivity contribution in [3.63, 3.8) is 0 Å². The van der Waals surface area contributed by atoms with Crippen molar-refractivity contribution in [2.45, 2.75) is 10.6 Å². The van der Waals surface area contributed by atoms with Crippen LogP contribution in [-0.4, -0.2) is 0 Å². The van der Waals surface area contributed by atoms with Crippen molar-refractivity contribution in [3.05, 3.63) is 70.5 Å². The Morgan fingerprint density at radius 3 is 2.53 bits per heavy atom.